The van der Waals surface area contributed by atoms with Gasteiger partial charge >= 0.3 is 0 Å². The van der Waals surface area contributed by atoms with E-state index >= 15 is 0 Å². The zero-order valence-electron chi connectivity index (χ0n) is 17.4. The first-order valence-electron chi connectivity index (χ1n) is 9.56. The Morgan fingerprint density at radius 3 is 2.35 bits per heavy atom. The maximum absolute atomic E-state index is 12.5. The van der Waals surface area contributed by atoms with E-state index in [0.717, 1.165) is 11.3 Å². The third kappa shape index (κ3) is 5.73. The largest absolute Gasteiger partial charge is 0.494 e. The maximum atomic E-state index is 12.5. The monoisotopic (exact) mass is 441 g/mol. The molecule has 3 aromatic rings. The Bertz CT molecular complexity index is 1180. The molecule has 1 aromatic heterocycles. The second-order valence-corrected chi connectivity index (χ2v) is 8.36. The van der Waals surface area contributed by atoms with E-state index in [9.17, 15) is 13.2 Å². The van der Waals surface area contributed by atoms with Gasteiger partial charge in [0.05, 0.1) is 17.2 Å². The van der Waals surface area contributed by atoms with E-state index in [2.05, 4.69) is 15.2 Å². The summed E-state index contributed by atoms with van der Waals surface area (Å²) in [5.74, 6) is 0.506. The molecule has 0 atom stereocenters. The van der Waals surface area contributed by atoms with Crippen molar-refractivity contribution in [3.8, 4) is 5.75 Å². The molecular weight excluding hydrogens is 418 g/mol. The van der Waals surface area contributed by atoms with Crippen LogP contribution >= 0.6 is 0 Å². The van der Waals surface area contributed by atoms with E-state index in [0.29, 0.717) is 23.6 Å². The molecular formula is C22H23N3O5S. The Balaban J connectivity index is 1.61. The minimum atomic E-state index is -3.84. The highest BCUT2D eigenvalue weighted by atomic mass is 32.2. The third-order valence-corrected chi connectivity index (χ3v) is 5.78. The lowest BCUT2D eigenvalue weighted by atomic mass is 10.2. The van der Waals surface area contributed by atoms with E-state index in [4.69, 9.17) is 9.26 Å². The SMILES string of the molecule is CCOc1ccc(C=CC(=O)Nc2ccc(S(=O)(=O)Nc3onc(C)c3C)cc2)cc1. The molecule has 8 nitrogen and oxygen atoms in total. The van der Waals surface area contributed by atoms with E-state index in [-0.39, 0.29) is 16.7 Å². The number of aromatic nitrogens is 1. The molecule has 0 spiro atoms. The number of carbonyl (C=O) groups excluding carboxylic acids is 1. The third-order valence-electron chi connectivity index (χ3n) is 4.43. The number of sulfonamides is 1. The van der Waals surface area contributed by atoms with Gasteiger partial charge in [0.25, 0.3) is 10.0 Å². The van der Waals surface area contributed by atoms with E-state index < -0.39 is 10.0 Å². The van der Waals surface area contributed by atoms with Gasteiger partial charge in [0, 0.05) is 17.3 Å². The molecule has 162 valence electrons. The van der Waals surface area contributed by atoms with Crippen LogP contribution in [-0.2, 0) is 14.8 Å². The van der Waals surface area contributed by atoms with Crippen molar-refractivity contribution in [3.05, 3.63) is 71.4 Å². The zero-order chi connectivity index (χ0) is 22.4. The fourth-order valence-electron chi connectivity index (χ4n) is 2.61. The van der Waals surface area contributed by atoms with Crippen LogP contribution in [-0.4, -0.2) is 26.1 Å². The fourth-order valence-corrected chi connectivity index (χ4v) is 3.65. The summed E-state index contributed by atoms with van der Waals surface area (Å²) in [6, 6.07) is 13.2. The molecule has 9 heteroatoms. The quantitative estimate of drug-likeness (QED) is 0.508. The van der Waals surface area contributed by atoms with Gasteiger partial charge < -0.3 is 14.6 Å². The van der Waals surface area contributed by atoms with Gasteiger partial charge in [0.1, 0.15) is 5.75 Å². The topological polar surface area (TPSA) is 111 Å². The zero-order valence-corrected chi connectivity index (χ0v) is 18.2. The molecule has 0 bridgehead atoms. The predicted octanol–water partition coefficient (Wildman–Crippen LogP) is 4.14. The molecule has 0 radical (unpaired) electrons. The van der Waals surface area contributed by atoms with Crippen LogP contribution in [0.4, 0.5) is 11.6 Å². The standard InChI is InChI=1S/C22H23N3O5S/c1-4-29-19-10-5-17(6-11-19)7-14-21(26)23-18-8-12-20(13-9-18)31(27,28)25-22-15(2)16(3)24-30-22/h5-14,25H,4H2,1-3H3,(H,23,26). The lowest BCUT2D eigenvalue weighted by molar-refractivity contribution is -0.111. The summed E-state index contributed by atoms with van der Waals surface area (Å²) in [6.07, 6.45) is 3.08. The van der Waals surface area contributed by atoms with Crippen molar-refractivity contribution in [2.24, 2.45) is 0 Å². The van der Waals surface area contributed by atoms with E-state index in [1.807, 2.05) is 31.2 Å². The molecule has 31 heavy (non-hydrogen) atoms. The molecule has 2 N–H and O–H groups in total. The molecule has 0 aliphatic heterocycles. The smallest absolute Gasteiger partial charge is 0.264 e. The lowest BCUT2D eigenvalue weighted by Crippen LogP contribution is -2.13. The first kappa shape index (κ1) is 22.1. The van der Waals surface area contributed by atoms with Gasteiger partial charge in [0.2, 0.25) is 11.8 Å². The number of ether oxygens (including phenoxy) is 1. The molecule has 0 saturated carbocycles. The summed E-state index contributed by atoms with van der Waals surface area (Å²) in [5.41, 5.74) is 2.54. The number of carbonyl (C=O) groups is 1. The van der Waals surface area contributed by atoms with Crippen LogP contribution in [0.3, 0.4) is 0 Å². The molecule has 0 aliphatic rings. The molecule has 1 heterocycles. The predicted molar refractivity (Wildman–Crippen MR) is 119 cm³/mol. The summed E-state index contributed by atoms with van der Waals surface area (Å²) >= 11 is 0. The number of nitrogens with zero attached hydrogens (tertiary/aromatic N) is 1. The van der Waals surface area contributed by atoms with Crippen LogP contribution in [0.5, 0.6) is 5.75 Å². The Kier molecular flexibility index (Phi) is 6.76. The maximum Gasteiger partial charge on any atom is 0.264 e. The van der Waals surface area contributed by atoms with Crippen molar-refractivity contribution >= 4 is 33.6 Å². The van der Waals surface area contributed by atoms with Crippen LogP contribution in [0, 0.1) is 13.8 Å². The summed E-state index contributed by atoms with van der Waals surface area (Å²) in [7, 11) is -3.84. The molecule has 0 fully saturated rings. The van der Waals surface area contributed by atoms with Gasteiger partial charge in [-0.25, -0.2) is 13.1 Å². The van der Waals surface area contributed by atoms with Gasteiger partial charge in [-0.15, -0.1) is 0 Å². The Morgan fingerprint density at radius 1 is 1.10 bits per heavy atom. The highest BCUT2D eigenvalue weighted by Crippen LogP contribution is 2.22. The average Bonchev–Trinajstić information content (AvgIpc) is 3.05. The number of hydrogen-bond acceptors (Lipinski definition) is 6. The summed E-state index contributed by atoms with van der Waals surface area (Å²) in [4.78, 5) is 12.2. The van der Waals surface area contributed by atoms with Crippen molar-refractivity contribution < 1.29 is 22.5 Å². The van der Waals surface area contributed by atoms with Crippen LogP contribution in [0.15, 0.2) is 64.0 Å². The van der Waals surface area contributed by atoms with Gasteiger partial charge in [-0.3, -0.25) is 4.79 Å². The summed E-state index contributed by atoms with van der Waals surface area (Å²) < 4.78 is 37.8. The second kappa shape index (κ2) is 9.48. The minimum absolute atomic E-state index is 0.0314. The van der Waals surface area contributed by atoms with Crippen molar-refractivity contribution in [2.75, 3.05) is 16.6 Å². The molecule has 0 saturated heterocycles. The minimum Gasteiger partial charge on any atom is -0.494 e. The fraction of sp³-hybridized carbons (Fsp3) is 0.182. The van der Waals surface area contributed by atoms with E-state index in [1.54, 1.807) is 19.9 Å². The van der Waals surface area contributed by atoms with Crippen LogP contribution < -0.4 is 14.8 Å². The van der Waals surface area contributed by atoms with Crippen molar-refractivity contribution in [3.63, 3.8) is 0 Å². The number of amides is 1. The lowest BCUT2D eigenvalue weighted by Gasteiger charge is -2.07. The highest BCUT2D eigenvalue weighted by molar-refractivity contribution is 7.92. The van der Waals surface area contributed by atoms with Crippen LogP contribution in [0.2, 0.25) is 0 Å². The summed E-state index contributed by atoms with van der Waals surface area (Å²) in [5, 5.41) is 6.42. The van der Waals surface area contributed by atoms with Crippen molar-refractivity contribution in [1.29, 1.82) is 0 Å². The normalized spacial score (nSPS) is 11.5. The van der Waals surface area contributed by atoms with Gasteiger partial charge in [-0.2, -0.15) is 0 Å². The van der Waals surface area contributed by atoms with Crippen LogP contribution in [0.25, 0.3) is 6.08 Å². The molecule has 2 aromatic carbocycles. The first-order chi connectivity index (χ1) is 14.8. The Labute approximate surface area is 181 Å². The Morgan fingerprint density at radius 2 is 1.77 bits per heavy atom. The summed E-state index contributed by atoms with van der Waals surface area (Å²) in [6.45, 7) is 5.93. The molecule has 0 unspecified atom stereocenters. The number of nitrogens with one attached hydrogen (secondary N) is 2. The first-order valence-corrected chi connectivity index (χ1v) is 11.0. The molecule has 3 rings (SSSR count). The number of benzene rings is 2. The van der Waals surface area contributed by atoms with Gasteiger partial charge in [0.15, 0.2) is 0 Å². The van der Waals surface area contributed by atoms with Gasteiger partial charge in [-0.1, -0.05) is 17.3 Å². The second-order valence-electron chi connectivity index (χ2n) is 6.68. The number of anilines is 2. The highest BCUT2D eigenvalue weighted by Gasteiger charge is 2.19. The molecule has 0 aliphatic carbocycles. The number of hydrogen-bond donors (Lipinski definition) is 2. The van der Waals surface area contributed by atoms with E-state index in [1.165, 1.54) is 30.3 Å². The van der Waals surface area contributed by atoms with Gasteiger partial charge in [-0.05, 0) is 68.8 Å². The average molecular weight is 442 g/mol. The van der Waals surface area contributed by atoms with Crippen LogP contribution in [0.1, 0.15) is 23.7 Å². The molecule has 1 amide bonds. The number of rotatable bonds is 8. The van der Waals surface area contributed by atoms with Crippen molar-refractivity contribution in [2.45, 2.75) is 25.7 Å². The number of aryl methyl sites for hydroxylation is 1. The Hall–Kier alpha value is -3.59. The van der Waals surface area contributed by atoms with Crippen molar-refractivity contribution in [1.82, 2.24) is 5.16 Å².